The molecule has 0 unspecified atom stereocenters. The number of fused-ring (bicyclic) bond motifs is 1. The molecule has 166 valence electrons. The molecule has 31 heavy (non-hydrogen) atoms. The van der Waals surface area contributed by atoms with E-state index in [2.05, 4.69) is 31.0 Å². The van der Waals surface area contributed by atoms with Gasteiger partial charge in [-0.15, -0.1) is 0 Å². The van der Waals surface area contributed by atoms with Crippen molar-refractivity contribution in [3.8, 4) is 0 Å². The SMILES string of the molecule is C[C@@H]1CN(CC(=O)N2CC(C)(C)c3c2cc(Cc2ccccc2F)c(=O)n3C)CCN1. The maximum Gasteiger partial charge on any atom is 0.254 e. The van der Waals surface area contributed by atoms with E-state index in [9.17, 15) is 14.0 Å². The summed E-state index contributed by atoms with van der Waals surface area (Å²) in [5, 5.41) is 3.40. The second-order valence-corrected chi connectivity index (χ2v) is 9.49. The number of halogens is 1. The molecule has 2 aliphatic rings. The molecule has 0 saturated carbocycles. The van der Waals surface area contributed by atoms with E-state index in [0.717, 1.165) is 31.0 Å². The van der Waals surface area contributed by atoms with Gasteiger partial charge in [0.25, 0.3) is 5.56 Å². The standard InChI is InChI=1S/C24H31FN4O2/c1-16-13-28(10-9-26-16)14-21(30)29-15-24(2,3)22-20(29)12-18(23(31)27(22)4)11-17-7-5-6-8-19(17)25/h5-8,12,16,26H,9-11,13-15H2,1-4H3/t16-/m1/s1. The van der Waals surface area contributed by atoms with Crippen molar-refractivity contribution in [2.75, 3.05) is 37.6 Å². The lowest BCUT2D eigenvalue weighted by Crippen LogP contribution is -2.52. The summed E-state index contributed by atoms with van der Waals surface area (Å²) in [5.41, 5.74) is 2.12. The molecule has 1 aromatic heterocycles. The third-order valence-electron chi connectivity index (χ3n) is 6.41. The summed E-state index contributed by atoms with van der Waals surface area (Å²) in [5.74, 6) is -0.289. The van der Waals surface area contributed by atoms with Crippen LogP contribution in [-0.2, 0) is 23.7 Å². The number of nitrogens with one attached hydrogen (secondary N) is 1. The number of hydrogen-bond acceptors (Lipinski definition) is 4. The highest BCUT2D eigenvalue weighted by molar-refractivity contribution is 5.97. The van der Waals surface area contributed by atoms with E-state index in [-0.39, 0.29) is 29.1 Å². The van der Waals surface area contributed by atoms with Crippen LogP contribution >= 0.6 is 0 Å². The van der Waals surface area contributed by atoms with Gasteiger partial charge >= 0.3 is 0 Å². The van der Waals surface area contributed by atoms with Crippen molar-refractivity contribution < 1.29 is 9.18 Å². The Hall–Kier alpha value is -2.51. The van der Waals surface area contributed by atoms with Crippen LogP contribution in [0.5, 0.6) is 0 Å². The zero-order valence-corrected chi connectivity index (χ0v) is 18.7. The number of rotatable bonds is 4. The average Bonchev–Trinajstić information content (AvgIpc) is 2.98. The molecule has 3 heterocycles. The van der Waals surface area contributed by atoms with Crippen LogP contribution in [0.1, 0.15) is 37.6 Å². The predicted octanol–water partition coefficient (Wildman–Crippen LogP) is 2.03. The van der Waals surface area contributed by atoms with Crippen LogP contribution in [0.15, 0.2) is 35.1 Å². The third kappa shape index (κ3) is 4.16. The molecule has 2 aromatic rings. The monoisotopic (exact) mass is 426 g/mol. The number of benzene rings is 1. The van der Waals surface area contributed by atoms with Crippen molar-refractivity contribution in [1.29, 1.82) is 0 Å². The van der Waals surface area contributed by atoms with Gasteiger partial charge in [-0.3, -0.25) is 14.5 Å². The van der Waals surface area contributed by atoms with Gasteiger partial charge in [0, 0.05) is 56.7 Å². The largest absolute Gasteiger partial charge is 0.313 e. The first-order valence-electron chi connectivity index (χ1n) is 10.9. The predicted molar refractivity (Wildman–Crippen MR) is 120 cm³/mol. The molecular formula is C24H31FN4O2. The number of pyridine rings is 1. The van der Waals surface area contributed by atoms with Crippen LogP contribution in [0.25, 0.3) is 0 Å². The van der Waals surface area contributed by atoms with Crippen LogP contribution in [0.3, 0.4) is 0 Å². The molecule has 6 nitrogen and oxygen atoms in total. The lowest BCUT2D eigenvalue weighted by Gasteiger charge is -2.32. The van der Waals surface area contributed by atoms with Crippen molar-refractivity contribution >= 4 is 11.6 Å². The van der Waals surface area contributed by atoms with Gasteiger partial charge in [-0.1, -0.05) is 32.0 Å². The van der Waals surface area contributed by atoms with Gasteiger partial charge in [0.15, 0.2) is 0 Å². The molecule has 7 heteroatoms. The van der Waals surface area contributed by atoms with Crippen molar-refractivity contribution in [2.45, 2.75) is 38.6 Å². The number of nitrogens with zero attached hydrogens (tertiary/aromatic N) is 3. The van der Waals surface area contributed by atoms with Crippen molar-refractivity contribution in [2.24, 2.45) is 7.05 Å². The Morgan fingerprint density at radius 2 is 2.00 bits per heavy atom. The maximum absolute atomic E-state index is 14.2. The van der Waals surface area contributed by atoms with Crippen LogP contribution in [0.4, 0.5) is 10.1 Å². The summed E-state index contributed by atoms with van der Waals surface area (Å²) in [4.78, 5) is 30.4. The Bertz CT molecular complexity index is 1060. The molecule has 1 aromatic carbocycles. The zero-order chi connectivity index (χ0) is 22.3. The number of aromatic nitrogens is 1. The molecular weight excluding hydrogens is 395 g/mol. The van der Waals surface area contributed by atoms with Crippen LogP contribution in [0.2, 0.25) is 0 Å². The smallest absolute Gasteiger partial charge is 0.254 e. The van der Waals surface area contributed by atoms with E-state index in [1.54, 1.807) is 35.9 Å². The van der Waals surface area contributed by atoms with Gasteiger partial charge in [-0.25, -0.2) is 4.39 Å². The Kier molecular flexibility index (Phi) is 5.75. The lowest BCUT2D eigenvalue weighted by molar-refractivity contribution is -0.120. The second kappa shape index (κ2) is 8.20. The molecule has 1 atom stereocenters. The topological polar surface area (TPSA) is 57.6 Å². The van der Waals surface area contributed by atoms with Gasteiger partial charge in [0.2, 0.25) is 5.91 Å². The van der Waals surface area contributed by atoms with E-state index < -0.39 is 0 Å². The number of anilines is 1. The molecule has 0 aliphatic carbocycles. The summed E-state index contributed by atoms with van der Waals surface area (Å²) in [6.07, 6.45) is 0.199. The Labute approximate surface area is 182 Å². The third-order valence-corrected chi connectivity index (χ3v) is 6.41. The number of hydrogen-bond donors (Lipinski definition) is 1. The summed E-state index contributed by atoms with van der Waals surface area (Å²) >= 11 is 0. The van der Waals surface area contributed by atoms with Crippen molar-refractivity contribution in [1.82, 2.24) is 14.8 Å². The Balaban J connectivity index is 1.68. The minimum atomic E-state index is -0.341. The van der Waals surface area contributed by atoms with Gasteiger partial charge in [-0.05, 0) is 24.6 Å². The fourth-order valence-electron chi connectivity index (χ4n) is 4.97. The molecule has 1 N–H and O–H groups in total. The highest BCUT2D eigenvalue weighted by atomic mass is 19.1. The van der Waals surface area contributed by atoms with E-state index in [1.807, 2.05) is 4.90 Å². The average molecular weight is 427 g/mol. The zero-order valence-electron chi connectivity index (χ0n) is 18.7. The summed E-state index contributed by atoms with van der Waals surface area (Å²) < 4.78 is 15.9. The molecule has 4 rings (SSSR count). The Morgan fingerprint density at radius 1 is 1.26 bits per heavy atom. The first kappa shape index (κ1) is 21.7. The van der Waals surface area contributed by atoms with Gasteiger partial charge in [0.1, 0.15) is 5.82 Å². The summed E-state index contributed by atoms with van der Waals surface area (Å²) in [6.45, 7) is 9.66. The quantitative estimate of drug-likeness (QED) is 0.813. The maximum atomic E-state index is 14.2. The van der Waals surface area contributed by atoms with Crippen LogP contribution < -0.4 is 15.8 Å². The van der Waals surface area contributed by atoms with Gasteiger partial charge < -0.3 is 14.8 Å². The Morgan fingerprint density at radius 3 is 2.71 bits per heavy atom. The van der Waals surface area contributed by atoms with Crippen LogP contribution in [-0.4, -0.2) is 54.1 Å². The normalized spacial score (nSPS) is 20.7. The van der Waals surface area contributed by atoms with Crippen molar-refractivity contribution in [3.63, 3.8) is 0 Å². The van der Waals surface area contributed by atoms with E-state index in [4.69, 9.17) is 0 Å². The molecule has 1 fully saturated rings. The summed E-state index contributed by atoms with van der Waals surface area (Å²) in [6, 6.07) is 8.67. The van der Waals surface area contributed by atoms with E-state index in [0.29, 0.717) is 30.3 Å². The van der Waals surface area contributed by atoms with Crippen LogP contribution in [0, 0.1) is 5.82 Å². The number of carbonyl (C=O) groups excluding carboxylic acids is 1. The number of amides is 1. The second-order valence-electron chi connectivity index (χ2n) is 9.49. The molecule has 0 bridgehead atoms. The molecule has 0 spiro atoms. The summed E-state index contributed by atoms with van der Waals surface area (Å²) in [7, 11) is 1.75. The molecule has 1 saturated heterocycles. The first-order valence-corrected chi connectivity index (χ1v) is 10.9. The molecule has 1 amide bonds. The van der Waals surface area contributed by atoms with Gasteiger partial charge in [-0.2, -0.15) is 0 Å². The highest BCUT2D eigenvalue weighted by Crippen LogP contribution is 2.40. The molecule has 0 radical (unpaired) electrons. The van der Waals surface area contributed by atoms with Gasteiger partial charge in [0.05, 0.1) is 17.9 Å². The number of carbonyl (C=O) groups is 1. The highest BCUT2D eigenvalue weighted by Gasteiger charge is 2.41. The fraction of sp³-hybridized carbons (Fsp3) is 0.500. The van der Waals surface area contributed by atoms with E-state index in [1.165, 1.54) is 6.07 Å². The minimum absolute atomic E-state index is 0.0383. The lowest BCUT2D eigenvalue weighted by atomic mass is 9.90. The van der Waals surface area contributed by atoms with Crippen molar-refractivity contribution in [3.05, 3.63) is 63.3 Å². The minimum Gasteiger partial charge on any atom is -0.313 e. The molecule has 2 aliphatic heterocycles. The first-order chi connectivity index (χ1) is 14.7. The fourth-order valence-corrected chi connectivity index (χ4v) is 4.97. The number of piperazine rings is 1. The van der Waals surface area contributed by atoms with E-state index >= 15 is 0 Å².